The van der Waals surface area contributed by atoms with E-state index in [-0.39, 0.29) is 6.54 Å². The first-order chi connectivity index (χ1) is 8.41. The van der Waals surface area contributed by atoms with E-state index < -0.39 is 18.6 Å². The first-order valence-corrected chi connectivity index (χ1v) is 5.74. The summed E-state index contributed by atoms with van der Waals surface area (Å²) in [6, 6.07) is 7.52. The Hall–Kier alpha value is -1.49. The summed E-state index contributed by atoms with van der Waals surface area (Å²) in [5.41, 5.74) is 7.11. The molecule has 1 atom stereocenters. The maximum atomic E-state index is 12.7. The van der Waals surface area contributed by atoms with Crippen LogP contribution in [0.2, 0.25) is 0 Å². The van der Waals surface area contributed by atoms with Gasteiger partial charge in [-0.3, -0.25) is 0 Å². The smallest absolute Gasteiger partial charge is 0.347 e. The van der Waals surface area contributed by atoms with Gasteiger partial charge in [-0.1, -0.05) is 11.6 Å². The van der Waals surface area contributed by atoms with Crippen molar-refractivity contribution in [3.8, 4) is 0 Å². The van der Waals surface area contributed by atoms with Crippen molar-refractivity contribution < 1.29 is 13.2 Å². The fourth-order valence-electron chi connectivity index (χ4n) is 2.03. The Balaban J connectivity index is 2.32. The lowest BCUT2D eigenvalue weighted by Gasteiger charge is -2.19. The Labute approximate surface area is 103 Å². The van der Waals surface area contributed by atoms with Crippen molar-refractivity contribution in [3.05, 3.63) is 36.0 Å². The van der Waals surface area contributed by atoms with Crippen molar-refractivity contribution in [1.29, 1.82) is 0 Å². The van der Waals surface area contributed by atoms with Gasteiger partial charge in [0.2, 0.25) is 0 Å². The van der Waals surface area contributed by atoms with E-state index in [9.17, 15) is 13.2 Å². The van der Waals surface area contributed by atoms with Crippen molar-refractivity contribution in [3.63, 3.8) is 0 Å². The molecule has 2 N–H and O–H groups in total. The number of fused-ring (bicyclic) bond motifs is 1. The molecule has 0 spiro atoms. The zero-order valence-electron chi connectivity index (χ0n) is 10.0. The van der Waals surface area contributed by atoms with E-state index in [2.05, 4.69) is 0 Å². The number of aromatic nitrogens is 1. The number of alkyl halides is 3. The predicted molar refractivity (Wildman–Crippen MR) is 65.3 cm³/mol. The fraction of sp³-hybridized carbons (Fsp3) is 0.385. The Morgan fingerprint density at radius 3 is 2.61 bits per heavy atom. The second kappa shape index (κ2) is 4.65. The molecular formula is C13H15F3N2. The van der Waals surface area contributed by atoms with E-state index in [1.54, 1.807) is 10.8 Å². The first kappa shape index (κ1) is 13.0. The standard InChI is InChI=1S/C13H15F3N2/c1-9-2-3-12-10(6-9)4-5-18(12)8-11(7-17)13(14,15)16/h2-6,11H,7-8,17H2,1H3. The van der Waals surface area contributed by atoms with E-state index in [0.29, 0.717) is 0 Å². The molecule has 0 aliphatic carbocycles. The van der Waals surface area contributed by atoms with E-state index >= 15 is 0 Å². The molecule has 1 unspecified atom stereocenters. The molecule has 1 heterocycles. The molecule has 0 saturated carbocycles. The van der Waals surface area contributed by atoms with Crippen molar-refractivity contribution in [2.24, 2.45) is 11.7 Å². The summed E-state index contributed by atoms with van der Waals surface area (Å²) in [7, 11) is 0. The van der Waals surface area contributed by atoms with Crippen LogP contribution in [0.4, 0.5) is 13.2 Å². The number of nitrogens with two attached hydrogens (primary N) is 1. The SMILES string of the molecule is Cc1ccc2c(ccn2CC(CN)C(F)(F)F)c1. The number of halogens is 3. The first-order valence-electron chi connectivity index (χ1n) is 5.74. The highest BCUT2D eigenvalue weighted by molar-refractivity contribution is 5.80. The normalized spacial score (nSPS) is 14.1. The lowest BCUT2D eigenvalue weighted by Crippen LogP contribution is -2.33. The van der Waals surface area contributed by atoms with Crippen LogP contribution in [0.5, 0.6) is 0 Å². The molecule has 0 bridgehead atoms. The van der Waals surface area contributed by atoms with E-state index in [0.717, 1.165) is 16.5 Å². The second-order valence-electron chi connectivity index (χ2n) is 4.50. The van der Waals surface area contributed by atoms with Crippen LogP contribution < -0.4 is 5.73 Å². The molecule has 0 aliphatic rings. The minimum Gasteiger partial charge on any atom is -0.347 e. The number of hydrogen-bond acceptors (Lipinski definition) is 1. The molecule has 1 aromatic carbocycles. The third kappa shape index (κ3) is 2.51. The van der Waals surface area contributed by atoms with Crippen LogP contribution in [-0.2, 0) is 6.54 Å². The highest BCUT2D eigenvalue weighted by atomic mass is 19.4. The monoisotopic (exact) mass is 256 g/mol. The molecule has 5 heteroatoms. The van der Waals surface area contributed by atoms with E-state index in [4.69, 9.17) is 5.73 Å². The predicted octanol–water partition coefficient (Wildman–Crippen LogP) is 3.09. The number of aryl methyl sites for hydroxylation is 1. The maximum Gasteiger partial charge on any atom is 0.394 e. The molecule has 18 heavy (non-hydrogen) atoms. The highest BCUT2D eigenvalue weighted by Crippen LogP contribution is 2.28. The van der Waals surface area contributed by atoms with Crippen molar-refractivity contribution in [2.75, 3.05) is 6.54 Å². The summed E-state index contributed by atoms with van der Waals surface area (Å²) in [5, 5.41) is 0.952. The van der Waals surface area contributed by atoms with Gasteiger partial charge in [0.1, 0.15) is 0 Å². The van der Waals surface area contributed by atoms with Crippen LogP contribution in [0.1, 0.15) is 5.56 Å². The summed E-state index contributed by atoms with van der Waals surface area (Å²) in [6.07, 6.45) is -2.57. The average Bonchev–Trinajstić information content (AvgIpc) is 2.66. The zero-order valence-corrected chi connectivity index (χ0v) is 10.0. The topological polar surface area (TPSA) is 30.9 Å². The lowest BCUT2D eigenvalue weighted by atomic mass is 10.1. The molecule has 2 nitrogen and oxygen atoms in total. The lowest BCUT2D eigenvalue weighted by molar-refractivity contribution is -0.174. The Morgan fingerprint density at radius 1 is 1.28 bits per heavy atom. The molecule has 0 aliphatic heterocycles. The van der Waals surface area contributed by atoms with Gasteiger partial charge in [0, 0.05) is 24.8 Å². The van der Waals surface area contributed by atoms with Gasteiger partial charge in [0.25, 0.3) is 0 Å². The number of nitrogens with zero attached hydrogens (tertiary/aromatic N) is 1. The van der Waals surface area contributed by atoms with Gasteiger partial charge in [0.05, 0.1) is 5.92 Å². The quantitative estimate of drug-likeness (QED) is 0.898. The van der Waals surface area contributed by atoms with Crippen LogP contribution >= 0.6 is 0 Å². The summed E-state index contributed by atoms with van der Waals surface area (Å²) in [5.74, 6) is -1.51. The van der Waals surface area contributed by atoms with E-state index in [1.807, 2.05) is 31.2 Å². The van der Waals surface area contributed by atoms with Crippen molar-refractivity contribution in [2.45, 2.75) is 19.6 Å². The molecule has 98 valence electrons. The fourth-order valence-corrected chi connectivity index (χ4v) is 2.03. The van der Waals surface area contributed by atoms with Gasteiger partial charge >= 0.3 is 6.18 Å². The highest BCUT2D eigenvalue weighted by Gasteiger charge is 2.38. The third-order valence-electron chi connectivity index (χ3n) is 3.09. The van der Waals surface area contributed by atoms with Crippen molar-refractivity contribution >= 4 is 10.9 Å². The molecule has 2 aromatic rings. The van der Waals surface area contributed by atoms with Gasteiger partial charge < -0.3 is 10.3 Å². The minimum absolute atomic E-state index is 0.132. The van der Waals surface area contributed by atoms with Gasteiger partial charge in [0.15, 0.2) is 0 Å². The van der Waals surface area contributed by atoms with E-state index in [1.165, 1.54) is 0 Å². The summed E-state index contributed by atoms with van der Waals surface area (Å²) < 4.78 is 39.7. The average molecular weight is 256 g/mol. The van der Waals surface area contributed by atoms with Crippen molar-refractivity contribution in [1.82, 2.24) is 4.57 Å². The Bertz CT molecular complexity index is 543. The summed E-state index contributed by atoms with van der Waals surface area (Å²) in [6.45, 7) is 1.43. The number of benzene rings is 1. The second-order valence-corrected chi connectivity index (χ2v) is 4.50. The van der Waals surface area contributed by atoms with Crippen LogP contribution in [-0.4, -0.2) is 17.3 Å². The molecular weight excluding hydrogens is 241 g/mol. The maximum absolute atomic E-state index is 12.7. The summed E-state index contributed by atoms with van der Waals surface area (Å²) >= 11 is 0. The molecule has 2 rings (SSSR count). The van der Waals surface area contributed by atoms with Crippen LogP contribution in [0.15, 0.2) is 30.5 Å². The van der Waals surface area contributed by atoms with Crippen LogP contribution in [0, 0.1) is 12.8 Å². The largest absolute Gasteiger partial charge is 0.394 e. The van der Waals surface area contributed by atoms with Gasteiger partial charge in [-0.05, 0) is 30.5 Å². The van der Waals surface area contributed by atoms with Crippen LogP contribution in [0.25, 0.3) is 10.9 Å². The van der Waals surface area contributed by atoms with Crippen LogP contribution in [0.3, 0.4) is 0 Å². The molecule has 0 amide bonds. The zero-order chi connectivity index (χ0) is 13.3. The number of hydrogen-bond donors (Lipinski definition) is 1. The summed E-state index contributed by atoms with van der Waals surface area (Å²) in [4.78, 5) is 0. The molecule has 1 aromatic heterocycles. The van der Waals surface area contributed by atoms with Gasteiger partial charge in [-0.25, -0.2) is 0 Å². The molecule has 0 saturated heterocycles. The van der Waals surface area contributed by atoms with Gasteiger partial charge in [-0.2, -0.15) is 13.2 Å². The third-order valence-corrected chi connectivity index (χ3v) is 3.09. The molecule has 0 radical (unpaired) electrons. The number of rotatable bonds is 3. The molecule has 0 fully saturated rings. The Morgan fingerprint density at radius 2 is 2.00 bits per heavy atom. The van der Waals surface area contributed by atoms with Gasteiger partial charge in [-0.15, -0.1) is 0 Å². The minimum atomic E-state index is -4.25. The Kier molecular flexibility index (Phi) is 3.34.